The van der Waals surface area contributed by atoms with Crippen LogP contribution in [-0.4, -0.2) is 48.6 Å². The maximum Gasteiger partial charge on any atom is 0.323 e. The third kappa shape index (κ3) is 3.93. The number of amides is 1. The standard InChI is InChI=1S/C14H26N2O3/c1-5-11(6-2)15-13(17)10(3)16-9-7-8-12(16)14(18)19-4/h10-12H,5-9H2,1-4H3,(H,15,17). The average Bonchev–Trinajstić information content (AvgIpc) is 2.91. The lowest BCUT2D eigenvalue weighted by Crippen LogP contribution is -2.51. The van der Waals surface area contributed by atoms with E-state index in [1.165, 1.54) is 7.11 Å². The summed E-state index contributed by atoms with van der Waals surface area (Å²) < 4.78 is 4.81. The van der Waals surface area contributed by atoms with E-state index in [0.717, 1.165) is 32.2 Å². The van der Waals surface area contributed by atoms with E-state index in [0.29, 0.717) is 0 Å². The highest BCUT2D eigenvalue weighted by atomic mass is 16.5. The molecule has 1 N–H and O–H groups in total. The fourth-order valence-electron chi connectivity index (χ4n) is 2.61. The third-order valence-corrected chi connectivity index (χ3v) is 3.98. The summed E-state index contributed by atoms with van der Waals surface area (Å²) in [5.41, 5.74) is 0. The summed E-state index contributed by atoms with van der Waals surface area (Å²) in [5, 5.41) is 3.04. The number of nitrogens with zero attached hydrogens (tertiary/aromatic N) is 1. The molecule has 19 heavy (non-hydrogen) atoms. The van der Waals surface area contributed by atoms with Crippen LogP contribution in [-0.2, 0) is 14.3 Å². The molecule has 1 aliphatic heterocycles. The van der Waals surface area contributed by atoms with Crippen LogP contribution >= 0.6 is 0 Å². The fraction of sp³-hybridized carbons (Fsp3) is 0.857. The molecule has 0 aromatic heterocycles. The van der Waals surface area contributed by atoms with Crippen LogP contribution in [0.25, 0.3) is 0 Å². The van der Waals surface area contributed by atoms with Crippen molar-refractivity contribution in [2.45, 2.75) is 64.6 Å². The first-order chi connectivity index (χ1) is 9.04. The lowest BCUT2D eigenvalue weighted by molar-refractivity contribution is -0.147. The summed E-state index contributed by atoms with van der Waals surface area (Å²) in [5.74, 6) is -0.232. The molecule has 0 radical (unpaired) electrons. The van der Waals surface area contributed by atoms with Gasteiger partial charge in [0.1, 0.15) is 6.04 Å². The minimum absolute atomic E-state index is 0.00417. The predicted octanol–water partition coefficient (Wildman–Crippen LogP) is 1.32. The van der Waals surface area contributed by atoms with Gasteiger partial charge in [0.15, 0.2) is 0 Å². The van der Waals surface area contributed by atoms with Gasteiger partial charge in [-0.3, -0.25) is 14.5 Å². The largest absolute Gasteiger partial charge is 0.468 e. The molecule has 1 aliphatic rings. The van der Waals surface area contributed by atoms with Crippen molar-refractivity contribution in [3.05, 3.63) is 0 Å². The van der Waals surface area contributed by atoms with Crippen LogP contribution in [0.4, 0.5) is 0 Å². The number of carbonyl (C=O) groups excluding carboxylic acids is 2. The lowest BCUT2D eigenvalue weighted by Gasteiger charge is -2.29. The number of likely N-dealkylation sites (tertiary alicyclic amines) is 1. The van der Waals surface area contributed by atoms with Gasteiger partial charge in [0, 0.05) is 6.04 Å². The number of hydrogen-bond acceptors (Lipinski definition) is 4. The van der Waals surface area contributed by atoms with E-state index in [2.05, 4.69) is 19.2 Å². The van der Waals surface area contributed by atoms with E-state index in [-0.39, 0.29) is 30.0 Å². The maximum atomic E-state index is 12.2. The minimum Gasteiger partial charge on any atom is -0.468 e. The highest BCUT2D eigenvalue weighted by molar-refractivity contribution is 5.83. The average molecular weight is 270 g/mol. The first-order valence-electron chi connectivity index (χ1n) is 7.19. The van der Waals surface area contributed by atoms with Crippen molar-refractivity contribution in [2.75, 3.05) is 13.7 Å². The molecule has 5 heteroatoms. The van der Waals surface area contributed by atoms with Crippen LogP contribution in [0.3, 0.4) is 0 Å². The van der Waals surface area contributed by atoms with Crippen molar-refractivity contribution in [3.63, 3.8) is 0 Å². The van der Waals surface area contributed by atoms with Gasteiger partial charge in [-0.25, -0.2) is 0 Å². The molecule has 0 aromatic rings. The van der Waals surface area contributed by atoms with Crippen molar-refractivity contribution >= 4 is 11.9 Å². The summed E-state index contributed by atoms with van der Waals surface area (Å²) in [6, 6.07) is -0.339. The molecule has 1 heterocycles. The first-order valence-corrected chi connectivity index (χ1v) is 7.19. The number of methoxy groups -OCH3 is 1. The highest BCUT2D eigenvalue weighted by Gasteiger charge is 2.37. The Bertz CT molecular complexity index is 316. The van der Waals surface area contributed by atoms with Gasteiger partial charge in [-0.15, -0.1) is 0 Å². The van der Waals surface area contributed by atoms with Gasteiger partial charge in [0.25, 0.3) is 0 Å². The predicted molar refractivity (Wildman–Crippen MR) is 73.7 cm³/mol. The lowest BCUT2D eigenvalue weighted by atomic mass is 10.1. The highest BCUT2D eigenvalue weighted by Crippen LogP contribution is 2.21. The molecule has 0 bridgehead atoms. The van der Waals surface area contributed by atoms with Crippen LogP contribution < -0.4 is 5.32 Å². The Kier molecular flexibility index (Phi) is 6.28. The number of hydrogen-bond donors (Lipinski definition) is 1. The van der Waals surface area contributed by atoms with E-state index in [1.54, 1.807) is 0 Å². The van der Waals surface area contributed by atoms with E-state index in [4.69, 9.17) is 4.74 Å². The van der Waals surface area contributed by atoms with Crippen LogP contribution in [0.1, 0.15) is 46.5 Å². The number of nitrogens with one attached hydrogen (secondary N) is 1. The monoisotopic (exact) mass is 270 g/mol. The number of rotatable bonds is 6. The Hall–Kier alpha value is -1.10. The zero-order valence-corrected chi connectivity index (χ0v) is 12.4. The molecular formula is C14H26N2O3. The fourth-order valence-corrected chi connectivity index (χ4v) is 2.61. The van der Waals surface area contributed by atoms with Crippen molar-refractivity contribution in [1.82, 2.24) is 10.2 Å². The van der Waals surface area contributed by atoms with Crippen molar-refractivity contribution in [2.24, 2.45) is 0 Å². The van der Waals surface area contributed by atoms with Crippen molar-refractivity contribution in [1.29, 1.82) is 0 Å². The minimum atomic E-state index is -0.285. The molecule has 0 spiro atoms. The third-order valence-electron chi connectivity index (χ3n) is 3.98. The number of carbonyl (C=O) groups is 2. The second-order valence-corrected chi connectivity index (χ2v) is 5.12. The van der Waals surface area contributed by atoms with E-state index >= 15 is 0 Å². The molecule has 5 nitrogen and oxygen atoms in total. The van der Waals surface area contributed by atoms with Gasteiger partial charge in [-0.05, 0) is 39.2 Å². The van der Waals surface area contributed by atoms with Crippen LogP contribution in [0, 0.1) is 0 Å². The maximum absolute atomic E-state index is 12.2. The molecule has 2 unspecified atom stereocenters. The summed E-state index contributed by atoms with van der Waals surface area (Å²) >= 11 is 0. The van der Waals surface area contributed by atoms with E-state index < -0.39 is 0 Å². The molecular weight excluding hydrogens is 244 g/mol. The Morgan fingerprint density at radius 2 is 2.00 bits per heavy atom. The molecule has 0 saturated carbocycles. The summed E-state index contributed by atoms with van der Waals surface area (Å²) in [6.45, 7) is 6.76. The molecule has 0 aliphatic carbocycles. The second-order valence-electron chi connectivity index (χ2n) is 5.12. The molecule has 2 atom stereocenters. The zero-order chi connectivity index (χ0) is 14.4. The van der Waals surface area contributed by atoms with Crippen molar-refractivity contribution in [3.8, 4) is 0 Å². The zero-order valence-electron chi connectivity index (χ0n) is 12.4. The van der Waals surface area contributed by atoms with Gasteiger partial charge < -0.3 is 10.1 Å². The van der Waals surface area contributed by atoms with Gasteiger partial charge in [0.2, 0.25) is 5.91 Å². The molecule has 1 amide bonds. The van der Waals surface area contributed by atoms with Gasteiger partial charge >= 0.3 is 5.97 Å². The Morgan fingerprint density at radius 1 is 1.37 bits per heavy atom. The van der Waals surface area contributed by atoms with Gasteiger partial charge in [-0.1, -0.05) is 13.8 Å². The summed E-state index contributed by atoms with van der Waals surface area (Å²) in [7, 11) is 1.40. The Morgan fingerprint density at radius 3 is 2.53 bits per heavy atom. The number of ether oxygens (including phenoxy) is 1. The van der Waals surface area contributed by atoms with Crippen molar-refractivity contribution < 1.29 is 14.3 Å². The Labute approximate surface area is 115 Å². The smallest absolute Gasteiger partial charge is 0.323 e. The second kappa shape index (κ2) is 7.48. The van der Waals surface area contributed by atoms with Gasteiger partial charge in [0.05, 0.1) is 13.2 Å². The topological polar surface area (TPSA) is 58.6 Å². The van der Waals surface area contributed by atoms with Crippen LogP contribution in [0.5, 0.6) is 0 Å². The molecule has 0 aromatic carbocycles. The SMILES string of the molecule is CCC(CC)NC(=O)C(C)N1CCCC1C(=O)OC. The molecule has 110 valence electrons. The first kappa shape index (κ1) is 16.0. The summed E-state index contributed by atoms with van der Waals surface area (Å²) in [6.07, 6.45) is 3.56. The quantitative estimate of drug-likeness (QED) is 0.740. The normalized spacial score (nSPS) is 21.4. The van der Waals surface area contributed by atoms with Gasteiger partial charge in [-0.2, -0.15) is 0 Å². The van der Waals surface area contributed by atoms with E-state index in [1.807, 2.05) is 11.8 Å². The van der Waals surface area contributed by atoms with Crippen LogP contribution in [0.2, 0.25) is 0 Å². The van der Waals surface area contributed by atoms with E-state index in [9.17, 15) is 9.59 Å². The Balaban J connectivity index is 2.62. The molecule has 1 rings (SSSR count). The molecule has 1 fully saturated rings. The number of esters is 1. The summed E-state index contributed by atoms with van der Waals surface area (Å²) in [4.78, 5) is 25.8. The van der Waals surface area contributed by atoms with Crippen LogP contribution in [0.15, 0.2) is 0 Å². The molecule has 1 saturated heterocycles.